The molecule has 0 atom stereocenters. The molecule has 22 heavy (non-hydrogen) atoms. The highest BCUT2D eigenvalue weighted by atomic mass is 16.2. The molecule has 0 radical (unpaired) electrons. The van der Waals surface area contributed by atoms with E-state index in [1.54, 1.807) is 19.2 Å². The number of nitrogens with one attached hydrogen (secondary N) is 1. The molecule has 0 spiro atoms. The van der Waals surface area contributed by atoms with E-state index in [0.717, 1.165) is 5.56 Å². The number of aromatic nitrogens is 2. The third kappa shape index (κ3) is 2.74. The minimum Gasteiger partial charge on any atom is -0.336 e. The number of H-pyrrole nitrogens is 1. The van der Waals surface area contributed by atoms with E-state index in [4.69, 9.17) is 0 Å². The Morgan fingerprint density at radius 2 is 1.77 bits per heavy atom. The highest BCUT2D eigenvalue weighted by Crippen LogP contribution is 2.09. The second-order valence-corrected chi connectivity index (χ2v) is 5.08. The maximum absolute atomic E-state index is 12.5. The largest absolute Gasteiger partial charge is 0.336 e. The van der Waals surface area contributed by atoms with E-state index in [-0.39, 0.29) is 5.69 Å². The number of rotatable bonds is 3. The van der Waals surface area contributed by atoms with Gasteiger partial charge in [0.15, 0.2) is 5.69 Å². The van der Waals surface area contributed by atoms with Crippen LogP contribution in [0.1, 0.15) is 16.1 Å². The molecule has 0 unspecified atom stereocenters. The summed E-state index contributed by atoms with van der Waals surface area (Å²) in [5.41, 5.74) is 1.66. The van der Waals surface area contributed by atoms with Crippen LogP contribution in [0.2, 0.25) is 0 Å². The summed E-state index contributed by atoms with van der Waals surface area (Å²) in [6, 6.07) is 16.7. The number of aromatic amines is 1. The van der Waals surface area contributed by atoms with Gasteiger partial charge in [0.2, 0.25) is 0 Å². The average Bonchev–Trinajstić information content (AvgIpc) is 2.54. The maximum Gasteiger partial charge on any atom is 0.280 e. The lowest BCUT2D eigenvalue weighted by atomic mass is 10.2. The normalized spacial score (nSPS) is 10.6. The Morgan fingerprint density at radius 3 is 2.55 bits per heavy atom. The van der Waals surface area contributed by atoms with Crippen LogP contribution in [0.3, 0.4) is 0 Å². The summed E-state index contributed by atoms with van der Waals surface area (Å²) in [5, 5.41) is 0. The van der Waals surface area contributed by atoms with Crippen LogP contribution in [-0.4, -0.2) is 27.8 Å². The molecule has 1 aromatic heterocycles. The SMILES string of the molecule is CN(Cc1ccccc1)C(=O)c1nc2ccccc2[nH]c1=O. The van der Waals surface area contributed by atoms with E-state index in [0.29, 0.717) is 17.6 Å². The van der Waals surface area contributed by atoms with Crippen molar-refractivity contribution in [3.8, 4) is 0 Å². The molecular formula is C17H15N3O2. The van der Waals surface area contributed by atoms with Crippen molar-refractivity contribution in [1.82, 2.24) is 14.9 Å². The highest BCUT2D eigenvalue weighted by molar-refractivity contribution is 5.93. The molecule has 3 rings (SSSR count). The second-order valence-electron chi connectivity index (χ2n) is 5.08. The fourth-order valence-electron chi connectivity index (χ4n) is 2.28. The summed E-state index contributed by atoms with van der Waals surface area (Å²) in [4.78, 5) is 32.9. The summed E-state index contributed by atoms with van der Waals surface area (Å²) in [7, 11) is 1.66. The Labute approximate surface area is 127 Å². The van der Waals surface area contributed by atoms with Crippen molar-refractivity contribution >= 4 is 16.9 Å². The van der Waals surface area contributed by atoms with Crippen LogP contribution in [0.15, 0.2) is 59.4 Å². The first kappa shape index (κ1) is 14.0. The molecule has 0 aliphatic carbocycles. The molecule has 1 N–H and O–H groups in total. The van der Waals surface area contributed by atoms with E-state index in [2.05, 4.69) is 9.97 Å². The lowest BCUT2D eigenvalue weighted by Crippen LogP contribution is -2.32. The molecule has 0 saturated heterocycles. The zero-order valence-electron chi connectivity index (χ0n) is 12.1. The number of carbonyl (C=O) groups is 1. The van der Waals surface area contributed by atoms with Crippen LogP contribution in [0.5, 0.6) is 0 Å². The number of carbonyl (C=O) groups excluding carboxylic acids is 1. The quantitative estimate of drug-likeness (QED) is 0.805. The Hall–Kier alpha value is -2.95. The van der Waals surface area contributed by atoms with Gasteiger partial charge >= 0.3 is 0 Å². The van der Waals surface area contributed by atoms with Gasteiger partial charge in [0.25, 0.3) is 11.5 Å². The summed E-state index contributed by atoms with van der Waals surface area (Å²) >= 11 is 0. The van der Waals surface area contributed by atoms with Crippen LogP contribution in [0, 0.1) is 0 Å². The van der Waals surface area contributed by atoms with Crippen molar-refractivity contribution < 1.29 is 4.79 Å². The van der Waals surface area contributed by atoms with Crippen molar-refractivity contribution in [2.75, 3.05) is 7.05 Å². The summed E-state index contributed by atoms with van der Waals surface area (Å²) in [5.74, 6) is -0.393. The van der Waals surface area contributed by atoms with Gasteiger partial charge in [0.05, 0.1) is 11.0 Å². The van der Waals surface area contributed by atoms with Gasteiger partial charge in [0, 0.05) is 13.6 Å². The predicted molar refractivity (Wildman–Crippen MR) is 84.6 cm³/mol. The molecule has 5 nitrogen and oxygen atoms in total. The van der Waals surface area contributed by atoms with Crippen molar-refractivity contribution in [1.29, 1.82) is 0 Å². The number of nitrogens with zero attached hydrogens (tertiary/aromatic N) is 2. The molecule has 1 amide bonds. The van der Waals surface area contributed by atoms with Crippen LogP contribution >= 0.6 is 0 Å². The monoisotopic (exact) mass is 293 g/mol. The van der Waals surface area contributed by atoms with Crippen molar-refractivity contribution in [2.45, 2.75) is 6.54 Å². The standard InChI is InChI=1S/C17H15N3O2/c1-20(11-12-7-3-2-4-8-12)17(22)15-16(21)19-14-10-6-5-9-13(14)18-15/h2-10H,11H2,1H3,(H,19,21). The predicted octanol–water partition coefficient (Wildman–Crippen LogP) is 2.20. The van der Waals surface area contributed by atoms with E-state index in [1.807, 2.05) is 42.5 Å². The van der Waals surface area contributed by atoms with Gasteiger partial charge in [-0.15, -0.1) is 0 Å². The molecule has 0 aliphatic rings. The smallest absolute Gasteiger partial charge is 0.280 e. The van der Waals surface area contributed by atoms with E-state index in [9.17, 15) is 9.59 Å². The first-order valence-corrected chi connectivity index (χ1v) is 6.93. The second kappa shape index (κ2) is 5.81. The fourth-order valence-corrected chi connectivity index (χ4v) is 2.28. The zero-order valence-corrected chi connectivity index (χ0v) is 12.1. The lowest BCUT2D eigenvalue weighted by molar-refractivity contribution is 0.0778. The van der Waals surface area contributed by atoms with Gasteiger partial charge in [-0.2, -0.15) is 0 Å². The first-order valence-electron chi connectivity index (χ1n) is 6.93. The third-order valence-corrected chi connectivity index (χ3v) is 3.41. The Kier molecular flexibility index (Phi) is 3.70. The topological polar surface area (TPSA) is 66.1 Å². The van der Waals surface area contributed by atoms with Gasteiger partial charge < -0.3 is 9.88 Å². The Bertz CT molecular complexity index is 872. The minimum atomic E-state index is -0.469. The Balaban J connectivity index is 1.91. The molecule has 2 aromatic carbocycles. The van der Waals surface area contributed by atoms with Crippen LogP contribution < -0.4 is 5.56 Å². The van der Waals surface area contributed by atoms with Crippen LogP contribution in [0.4, 0.5) is 0 Å². The molecule has 110 valence electrons. The first-order chi connectivity index (χ1) is 10.6. The van der Waals surface area contributed by atoms with E-state index in [1.165, 1.54) is 4.90 Å². The molecule has 0 bridgehead atoms. The number of para-hydroxylation sites is 2. The molecule has 0 aliphatic heterocycles. The molecule has 5 heteroatoms. The summed E-state index contributed by atoms with van der Waals surface area (Å²) < 4.78 is 0. The number of benzene rings is 2. The van der Waals surface area contributed by atoms with Crippen LogP contribution in [-0.2, 0) is 6.54 Å². The third-order valence-electron chi connectivity index (χ3n) is 3.41. The molecule has 0 saturated carbocycles. The van der Waals surface area contributed by atoms with Gasteiger partial charge in [-0.05, 0) is 17.7 Å². The fraction of sp³-hybridized carbons (Fsp3) is 0.118. The number of fused-ring (bicyclic) bond motifs is 1. The summed E-state index contributed by atoms with van der Waals surface area (Å²) in [6.45, 7) is 0.424. The van der Waals surface area contributed by atoms with Gasteiger partial charge in [0.1, 0.15) is 0 Å². The number of hydrogen-bond acceptors (Lipinski definition) is 3. The van der Waals surface area contributed by atoms with Gasteiger partial charge in [-0.3, -0.25) is 9.59 Å². The van der Waals surface area contributed by atoms with Crippen LogP contribution in [0.25, 0.3) is 11.0 Å². The lowest BCUT2D eigenvalue weighted by Gasteiger charge is -2.16. The van der Waals surface area contributed by atoms with E-state index >= 15 is 0 Å². The maximum atomic E-state index is 12.5. The van der Waals surface area contributed by atoms with Crippen molar-refractivity contribution in [3.05, 3.63) is 76.2 Å². The van der Waals surface area contributed by atoms with Gasteiger partial charge in [-0.25, -0.2) is 4.98 Å². The summed E-state index contributed by atoms with van der Waals surface area (Å²) in [6.07, 6.45) is 0. The van der Waals surface area contributed by atoms with Crippen molar-refractivity contribution in [3.63, 3.8) is 0 Å². The number of amides is 1. The average molecular weight is 293 g/mol. The van der Waals surface area contributed by atoms with Gasteiger partial charge in [-0.1, -0.05) is 42.5 Å². The highest BCUT2D eigenvalue weighted by Gasteiger charge is 2.18. The molecule has 0 fully saturated rings. The molecule has 3 aromatic rings. The van der Waals surface area contributed by atoms with E-state index < -0.39 is 11.5 Å². The molecular weight excluding hydrogens is 278 g/mol. The van der Waals surface area contributed by atoms with Crippen molar-refractivity contribution in [2.24, 2.45) is 0 Å². The zero-order chi connectivity index (χ0) is 15.5. The molecule has 1 heterocycles. The number of hydrogen-bond donors (Lipinski definition) is 1. The minimum absolute atomic E-state index is 0.0860. The Morgan fingerprint density at radius 1 is 1.09 bits per heavy atom.